The molecule has 0 atom stereocenters. The Bertz CT molecular complexity index is 122. The predicted octanol–water partition coefficient (Wildman–Crippen LogP) is 1.39. The van der Waals surface area contributed by atoms with Crippen molar-refractivity contribution < 1.29 is 9.47 Å². The topological polar surface area (TPSA) is 30.5 Å². The highest BCUT2D eigenvalue weighted by molar-refractivity contribution is 4.72. The molecular weight excluding hydrogens is 166 g/mol. The zero-order valence-corrected chi connectivity index (χ0v) is 8.71. The molecule has 0 bridgehead atoms. The van der Waals surface area contributed by atoms with E-state index in [-0.39, 0.29) is 6.29 Å². The van der Waals surface area contributed by atoms with Gasteiger partial charge in [0.1, 0.15) is 0 Å². The first-order valence-electron chi connectivity index (χ1n) is 5.13. The summed E-state index contributed by atoms with van der Waals surface area (Å²) in [7, 11) is 3.33. The normalized spacial score (nSPS) is 16.8. The van der Waals surface area contributed by atoms with Gasteiger partial charge in [-0.1, -0.05) is 12.8 Å². The summed E-state index contributed by atoms with van der Waals surface area (Å²) in [6, 6.07) is 0. The molecule has 3 nitrogen and oxygen atoms in total. The van der Waals surface area contributed by atoms with E-state index < -0.39 is 0 Å². The third-order valence-corrected chi connectivity index (χ3v) is 2.50. The number of rotatable bonds is 8. The van der Waals surface area contributed by atoms with Crippen LogP contribution in [0.25, 0.3) is 0 Å². The minimum Gasteiger partial charge on any atom is -0.355 e. The van der Waals surface area contributed by atoms with E-state index in [0.717, 1.165) is 19.0 Å². The number of hydrogen-bond donors (Lipinski definition) is 1. The highest BCUT2D eigenvalue weighted by atomic mass is 16.7. The van der Waals surface area contributed by atoms with Crippen molar-refractivity contribution >= 4 is 0 Å². The van der Waals surface area contributed by atoms with Crippen molar-refractivity contribution in [2.24, 2.45) is 5.92 Å². The summed E-state index contributed by atoms with van der Waals surface area (Å²) >= 11 is 0. The van der Waals surface area contributed by atoms with E-state index in [1.54, 1.807) is 14.2 Å². The van der Waals surface area contributed by atoms with E-state index in [2.05, 4.69) is 5.32 Å². The summed E-state index contributed by atoms with van der Waals surface area (Å²) in [5, 5.41) is 3.32. The zero-order chi connectivity index (χ0) is 9.52. The maximum atomic E-state index is 5.05. The maximum absolute atomic E-state index is 5.05. The van der Waals surface area contributed by atoms with Gasteiger partial charge in [0.15, 0.2) is 6.29 Å². The molecule has 1 N–H and O–H groups in total. The molecule has 1 saturated carbocycles. The van der Waals surface area contributed by atoms with Gasteiger partial charge in [-0.2, -0.15) is 0 Å². The SMILES string of the molecule is COC(CNCCCC1CC1)OC. The van der Waals surface area contributed by atoms with Gasteiger partial charge < -0.3 is 14.8 Å². The monoisotopic (exact) mass is 187 g/mol. The molecule has 0 aromatic carbocycles. The molecule has 0 amide bonds. The molecule has 0 spiro atoms. The summed E-state index contributed by atoms with van der Waals surface area (Å²) in [5.74, 6) is 1.04. The molecular formula is C10H21NO2. The van der Waals surface area contributed by atoms with Gasteiger partial charge in [0.05, 0.1) is 0 Å². The molecule has 1 aliphatic carbocycles. The zero-order valence-electron chi connectivity index (χ0n) is 8.71. The third-order valence-electron chi connectivity index (χ3n) is 2.50. The fourth-order valence-corrected chi connectivity index (χ4v) is 1.41. The first-order chi connectivity index (χ1) is 6.36. The molecule has 1 fully saturated rings. The molecule has 13 heavy (non-hydrogen) atoms. The molecule has 0 aromatic rings. The Hall–Kier alpha value is -0.120. The lowest BCUT2D eigenvalue weighted by Crippen LogP contribution is -2.30. The van der Waals surface area contributed by atoms with E-state index in [9.17, 15) is 0 Å². The molecule has 0 aromatic heterocycles. The Balaban J connectivity index is 1.81. The second-order valence-electron chi connectivity index (χ2n) is 3.69. The molecule has 1 aliphatic rings. The van der Waals surface area contributed by atoms with Gasteiger partial charge in [0.25, 0.3) is 0 Å². The lowest BCUT2D eigenvalue weighted by atomic mass is 10.2. The molecule has 1 rings (SSSR count). The second kappa shape index (κ2) is 6.35. The van der Waals surface area contributed by atoms with Crippen molar-refractivity contribution in [1.82, 2.24) is 5.32 Å². The largest absolute Gasteiger partial charge is 0.355 e. The van der Waals surface area contributed by atoms with Gasteiger partial charge in [0, 0.05) is 20.8 Å². The molecule has 0 radical (unpaired) electrons. The van der Waals surface area contributed by atoms with Crippen LogP contribution in [0.2, 0.25) is 0 Å². The highest BCUT2D eigenvalue weighted by Crippen LogP contribution is 2.33. The van der Waals surface area contributed by atoms with Crippen molar-refractivity contribution in [1.29, 1.82) is 0 Å². The lowest BCUT2D eigenvalue weighted by Gasteiger charge is -2.13. The van der Waals surface area contributed by atoms with Gasteiger partial charge in [0.2, 0.25) is 0 Å². The van der Waals surface area contributed by atoms with Gasteiger partial charge in [-0.25, -0.2) is 0 Å². The summed E-state index contributed by atoms with van der Waals surface area (Å²) < 4.78 is 10.1. The number of methoxy groups -OCH3 is 2. The predicted molar refractivity (Wildman–Crippen MR) is 52.6 cm³/mol. The quantitative estimate of drug-likeness (QED) is 0.460. The second-order valence-corrected chi connectivity index (χ2v) is 3.69. The van der Waals surface area contributed by atoms with E-state index >= 15 is 0 Å². The van der Waals surface area contributed by atoms with Crippen molar-refractivity contribution in [2.75, 3.05) is 27.3 Å². The Kier molecular flexibility index (Phi) is 5.35. The highest BCUT2D eigenvalue weighted by Gasteiger charge is 2.19. The van der Waals surface area contributed by atoms with Crippen molar-refractivity contribution in [3.8, 4) is 0 Å². The van der Waals surface area contributed by atoms with Gasteiger partial charge in [-0.05, 0) is 25.3 Å². The van der Waals surface area contributed by atoms with Gasteiger partial charge in [-0.3, -0.25) is 0 Å². The fraction of sp³-hybridized carbons (Fsp3) is 1.00. The van der Waals surface area contributed by atoms with Gasteiger partial charge in [-0.15, -0.1) is 0 Å². The minimum atomic E-state index is -0.0964. The average molecular weight is 187 g/mol. The Morgan fingerprint density at radius 3 is 2.54 bits per heavy atom. The fourth-order valence-electron chi connectivity index (χ4n) is 1.41. The Morgan fingerprint density at radius 2 is 2.00 bits per heavy atom. The summed E-state index contributed by atoms with van der Waals surface area (Å²) in [6.45, 7) is 1.87. The van der Waals surface area contributed by atoms with Gasteiger partial charge >= 0.3 is 0 Å². The lowest BCUT2D eigenvalue weighted by molar-refractivity contribution is -0.0986. The van der Waals surface area contributed by atoms with Crippen LogP contribution in [0.15, 0.2) is 0 Å². The van der Waals surface area contributed by atoms with Crippen LogP contribution < -0.4 is 5.32 Å². The van der Waals surface area contributed by atoms with Crippen molar-refractivity contribution in [3.05, 3.63) is 0 Å². The minimum absolute atomic E-state index is 0.0964. The Labute approximate surface area is 80.8 Å². The van der Waals surface area contributed by atoms with Crippen LogP contribution in [-0.2, 0) is 9.47 Å². The molecule has 0 aliphatic heterocycles. The van der Waals surface area contributed by atoms with E-state index in [1.807, 2.05) is 0 Å². The molecule has 0 unspecified atom stereocenters. The molecule has 78 valence electrons. The number of nitrogens with one attached hydrogen (secondary N) is 1. The van der Waals surface area contributed by atoms with E-state index in [1.165, 1.54) is 25.7 Å². The van der Waals surface area contributed by atoms with Crippen LogP contribution >= 0.6 is 0 Å². The average Bonchev–Trinajstić information content (AvgIpc) is 2.95. The van der Waals surface area contributed by atoms with Crippen LogP contribution in [0.1, 0.15) is 25.7 Å². The first kappa shape index (κ1) is 11.0. The summed E-state index contributed by atoms with van der Waals surface area (Å²) in [5.41, 5.74) is 0. The van der Waals surface area contributed by atoms with E-state index in [0.29, 0.717) is 0 Å². The molecule has 0 heterocycles. The van der Waals surface area contributed by atoms with Crippen LogP contribution in [0.4, 0.5) is 0 Å². The Morgan fingerprint density at radius 1 is 1.31 bits per heavy atom. The number of ether oxygens (including phenoxy) is 2. The maximum Gasteiger partial charge on any atom is 0.169 e. The first-order valence-corrected chi connectivity index (χ1v) is 5.13. The summed E-state index contributed by atoms with van der Waals surface area (Å²) in [6.07, 6.45) is 5.49. The van der Waals surface area contributed by atoms with Crippen LogP contribution in [0.5, 0.6) is 0 Å². The van der Waals surface area contributed by atoms with Crippen LogP contribution in [0, 0.1) is 5.92 Å². The standard InChI is InChI=1S/C10H21NO2/c1-12-10(13-2)8-11-7-3-4-9-5-6-9/h9-11H,3-8H2,1-2H3. The smallest absolute Gasteiger partial charge is 0.169 e. The number of hydrogen-bond acceptors (Lipinski definition) is 3. The van der Waals surface area contributed by atoms with E-state index in [4.69, 9.17) is 9.47 Å². The van der Waals surface area contributed by atoms with Crippen LogP contribution in [0.3, 0.4) is 0 Å². The molecule has 3 heteroatoms. The molecule has 0 saturated heterocycles. The third kappa shape index (κ3) is 5.24. The summed E-state index contributed by atoms with van der Waals surface area (Å²) in [4.78, 5) is 0. The van der Waals surface area contributed by atoms with Crippen molar-refractivity contribution in [3.63, 3.8) is 0 Å². The van der Waals surface area contributed by atoms with Crippen LogP contribution in [-0.4, -0.2) is 33.6 Å². The van der Waals surface area contributed by atoms with Crippen molar-refractivity contribution in [2.45, 2.75) is 32.0 Å².